The molecule has 0 aliphatic rings. The number of benzene rings is 1. The summed E-state index contributed by atoms with van der Waals surface area (Å²) in [5.74, 6) is 0.217. The largest absolute Gasteiger partial charge is 0.496 e. The first-order valence-electron chi connectivity index (χ1n) is 7.20. The van der Waals surface area contributed by atoms with E-state index in [1.807, 2.05) is 25.1 Å². The molecule has 0 N–H and O–H groups in total. The number of methoxy groups -OCH3 is 1. The molecule has 0 aliphatic heterocycles. The molecule has 0 aliphatic carbocycles. The van der Waals surface area contributed by atoms with Gasteiger partial charge >= 0.3 is 11.9 Å². The lowest BCUT2D eigenvalue weighted by Gasteiger charge is -2.08. The molecule has 5 nitrogen and oxygen atoms in total. The topological polar surface area (TPSA) is 61.8 Å². The second-order valence-electron chi connectivity index (χ2n) is 4.70. The normalized spacial score (nSPS) is 10.1. The van der Waals surface area contributed by atoms with Gasteiger partial charge in [-0.05, 0) is 53.1 Å². The number of ether oxygens (including phenoxy) is 3. The molecule has 1 aromatic carbocycles. The minimum atomic E-state index is -0.311. The average molecular weight is 420 g/mol. The van der Waals surface area contributed by atoms with Crippen LogP contribution in [0.3, 0.4) is 0 Å². The van der Waals surface area contributed by atoms with Crippen molar-refractivity contribution in [3.05, 3.63) is 27.3 Å². The average Bonchev–Trinajstić information content (AvgIpc) is 2.51. The van der Waals surface area contributed by atoms with Crippen LogP contribution in [0.5, 0.6) is 5.75 Å². The van der Waals surface area contributed by atoms with Gasteiger partial charge in [0.2, 0.25) is 0 Å². The lowest BCUT2D eigenvalue weighted by molar-refractivity contribution is -0.146. The predicted molar refractivity (Wildman–Crippen MR) is 90.6 cm³/mol. The van der Waals surface area contributed by atoms with Crippen LogP contribution in [0.1, 0.15) is 38.2 Å². The molecule has 0 atom stereocenters. The zero-order valence-electron chi connectivity index (χ0n) is 12.9. The van der Waals surface area contributed by atoms with E-state index in [4.69, 9.17) is 14.2 Å². The van der Waals surface area contributed by atoms with Crippen LogP contribution in [0.15, 0.2) is 18.2 Å². The summed E-state index contributed by atoms with van der Waals surface area (Å²) in [6.07, 6.45) is 1.71. The Morgan fingerprint density at radius 2 is 1.82 bits per heavy atom. The van der Waals surface area contributed by atoms with Crippen LogP contribution in [0.25, 0.3) is 0 Å². The van der Waals surface area contributed by atoms with Crippen molar-refractivity contribution < 1.29 is 23.8 Å². The number of hydrogen-bond donors (Lipinski definition) is 0. The Morgan fingerprint density at radius 3 is 2.41 bits per heavy atom. The molecule has 0 aromatic heterocycles. The van der Waals surface area contributed by atoms with E-state index in [0.717, 1.165) is 21.3 Å². The van der Waals surface area contributed by atoms with Crippen LogP contribution in [0, 0.1) is 3.57 Å². The van der Waals surface area contributed by atoms with Gasteiger partial charge in [-0.2, -0.15) is 0 Å². The third-order valence-corrected chi connectivity index (χ3v) is 3.69. The van der Waals surface area contributed by atoms with E-state index in [2.05, 4.69) is 22.6 Å². The minimum Gasteiger partial charge on any atom is -0.496 e. The first kappa shape index (κ1) is 18.7. The van der Waals surface area contributed by atoms with Crippen LogP contribution < -0.4 is 4.74 Å². The lowest BCUT2D eigenvalue weighted by atomic mass is 10.2. The van der Waals surface area contributed by atoms with Crippen LogP contribution in [0.2, 0.25) is 0 Å². The summed E-state index contributed by atoms with van der Waals surface area (Å²) in [5.41, 5.74) is 0.904. The molecule has 22 heavy (non-hydrogen) atoms. The van der Waals surface area contributed by atoms with Crippen molar-refractivity contribution in [1.82, 2.24) is 0 Å². The molecule has 6 heteroatoms. The Labute approximate surface area is 144 Å². The van der Waals surface area contributed by atoms with Crippen LogP contribution in [-0.2, 0) is 25.7 Å². The Hall–Kier alpha value is -1.31. The number of halogens is 1. The molecule has 0 saturated heterocycles. The first-order chi connectivity index (χ1) is 10.6. The molecular weight excluding hydrogens is 399 g/mol. The van der Waals surface area contributed by atoms with Crippen molar-refractivity contribution >= 4 is 34.5 Å². The molecule has 0 bridgehead atoms. The molecule has 0 saturated carbocycles. The summed E-state index contributed by atoms with van der Waals surface area (Å²) in [6.45, 7) is 2.59. The fourth-order valence-electron chi connectivity index (χ4n) is 1.70. The molecule has 1 rings (SSSR count). The van der Waals surface area contributed by atoms with Crippen LogP contribution >= 0.6 is 22.6 Å². The van der Waals surface area contributed by atoms with Gasteiger partial charge in [0.05, 0.1) is 17.3 Å². The van der Waals surface area contributed by atoms with Gasteiger partial charge in [-0.1, -0.05) is 13.0 Å². The Balaban J connectivity index is 2.25. The maximum Gasteiger partial charge on any atom is 0.306 e. The van der Waals surface area contributed by atoms with Crippen LogP contribution in [0.4, 0.5) is 0 Å². The maximum atomic E-state index is 11.6. The van der Waals surface area contributed by atoms with Gasteiger partial charge in [0, 0.05) is 12.8 Å². The van der Waals surface area contributed by atoms with E-state index in [1.54, 1.807) is 7.11 Å². The zero-order chi connectivity index (χ0) is 16.4. The third-order valence-electron chi connectivity index (χ3n) is 2.85. The molecule has 0 amide bonds. The molecule has 0 fully saturated rings. The second-order valence-corrected chi connectivity index (χ2v) is 5.87. The lowest BCUT2D eigenvalue weighted by Crippen LogP contribution is -2.08. The highest BCUT2D eigenvalue weighted by atomic mass is 127. The quantitative estimate of drug-likeness (QED) is 0.452. The predicted octanol–water partition coefficient (Wildman–Crippen LogP) is 3.47. The zero-order valence-corrected chi connectivity index (χ0v) is 15.1. The SMILES string of the molecule is CCCOC(=O)CCCC(=O)OCc1ccc(OC)c(I)c1. The number of rotatable bonds is 9. The van der Waals surface area contributed by atoms with Crippen molar-refractivity contribution in [1.29, 1.82) is 0 Å². The van der Waals surface area contributed by atoms with Crippen molar-refractivity contribution in [2.24, 2.45) is 0 Å². The Bertz CT molecular complexity index is 501. The highest BCUT2D eigenvalue weighted by Gasteiger charge is 2.08. The van der Waals surface area contributed by atoms with E-state index in [0.29, 0.717) is 13.0 Å². The van der Waals surface area contributed by atoms with Gasteiger partial charge in [-0.3, -0.25) is 9.59 Å². The van der Waals surface area contributed by atoms with Crippen LogP contribution in [-0.4, -0.2) is 25.7 Å². The first-order valence-corrected chi connectivity index (χ1v) is 8.28. The fourth-order valence-corrected chi connectivity index (χ4v) is 2.50. The summed E-state index contributed by atoms with van der Waals surface area (Å²) in [6, 6.07) is 5.61. The van der Waals surface area contributed by atoms with Crippen molar-refractivity contribution in [2.45, 2.75) is 39.2 Å². The van der Waals surface area contributed by atoms with E-state index in [-0.39, 0.29) is 31.4 Å². The second kappa shape index (κ2) is 10.4. The summed E-state index contributed by atoms with van der Waals surface area (Å²) in [5, 5.41) is 0. The van der Waals surface area contributed by atoms with Crippen molar-refractivity contribution in [3.8, 4) is 5.75 Å². The van der Waals surface area contributed by atoms with E-state index >= 15 is 0 Å². The molecular formula is C16H21IO5. The highest BCUT2D eigenvalue weighted by molar-refractivity contribution is 14.1. The third kappa shape index (κ3) is 7.11. The number of carbonyl (C=O) groups excluding carboxylic acids is 2. The highest BCUT2D eigenvalue weighted by Crippen LogP contribution is 2.22. The van der Waals surface area contributed by atoms with Crippen molar-refractivity contribution in [2.75, 3.05) is 13.7 Å². The Kier molecular flexibility index (Phi) is 8.88. The standard InChI is InChI=1S/C16H21IO5/c1-3-9-21-15(18)5-4-6-16(19)22-11-12-7-8-14(20-2)13(17)10-12/h7-8,10H,3-6,9,11H2,1-2H3. The number of carbonyl (C=O) groups is 2. The fraction of sp³-hybridized carbons (Fsp3) is 0.500. The van der Waals surface area contributed by atoms with Gasteiger partial charge in [0.1, 0.15) is 12.4 Å². The molecule has 0 unspecified atom stereocenters. The Morgan fingerprint density at radius 1 is 1.14 bits per heavy atom. The summed E-state index contributed by atoms with van der Waals surface area (Å²) in [4.78, 5) is 22.9. The summed E-state index contributed by atoms with van der Waals surface area (Å²) < 4.78 is 16.3. The number of hydrogen-bond acceptors (Lipinski definition) is 5. The molecule has 0 spiro atoms. The molecule has 0 radical (unpaired) electrons. The summed E-state index contributed by atoms with van der Waals surface area (Å²) in [7, 11) is 1.61. The van der Waals surface area contributed by atoms with E-state index in [1.165, 1.54) is 0 Å². The minimum absolute atomic E-state index is 0.217. The molecule has 0 heterocycles. The van der Waals surface area contributed by atoms with E-state index < -0.39 is 0 Å². The van der Waals surface area contributed by atoms with Gasteiger partial charge in [0.25, 0.3) is 0 Å². The van der Waals surface area contributed by atoms with Gasteiger partial charge in [-0.15, -0.1) is 0 Å². The monoisotopic (exact) mass is 420 g/mol. The van der Waals surface area contributed by atoms with Gasteiger partial charge in [0.15, 0.2) is 0 Å². The maximum absolute atomic E-state index is 11.6. The van der Waals surface area contributed by atoms with Crippen molar-refractivity contribution in [3.63, 3.8) is 0 Å². The number of esters is 2. The van der Waals surface area contributed by atoms with Gasteiger partial charge < -0.3 is 14.2 Å². The molecule has 122 valence electrons. The molecule has 1 aromatic rings. The smallest absolute Gasteiger partial charge is 0.306 e. The summed E-state index contributed by atoms with van der Waals surface area (Å²) >= 11 is 2.17. The van der Waals surface area contributed by atoms with E-state index in [9.17, 15) is 9.59 Å². The van der Waals surface area contributed by atoms with Gasteiger partial charge in [-0.25, -0.2) is 0 Å².